The van der Waals surface area contributed by atoms with Gasteiger partial charge in [0, 0.05) is 5.69 Å². The van der Waals surface area contributed by atoms with E-state index < -0.39 is 5.97 Å². The van der Waals surface area contributed by atoms with E-state index in [1.807, 2.05) is 18.2 Å². The molecule has 1 atom stereocenters. The molecule has 0 fully saturated rings. The molecule has 0 spiro atoms. The number of rotatable bonds is 4. The summed E-state index contributed by atoms with van der Waals surface area (Å²) in [5, 5.41) is 11.9. The predicted molar refractivity (Wildman–Crippen MR) is 88.5 cm³/mol. The Balaban J connectivity index is 1.82. The zero-order valence-electron chi connectivity index (χ0n) is 12.8. The Morgan fingerprint density at radius 2 is 1.83 bits per heavy atom. The Hall–Kier alpha value is -2.62. The maximum atomic E-state index is 12.7. The molecule has 2 N–H and O–H groups in total. The summed E-state index contributed by atoms with van der Waals surface area (Å²) < 4.78 is 0. The van der Waals surface area contributed by atoms with Crippen LogP contribution in [0.3, 0.4) is 0 Å². The molecule has 0 radical (unpaired) electrons. The number of fused-ring (bicyclic) bond motifs is 1. The number of hydrogen-bond donors (Lipinski definition) is 2. The second kappa shape index (κ2) is 6.65. The number of hydrogen-bond acceptors (Lipinski definition) is 2. The number of anilines is 1. The number of nitrogens with one attached hydrogen (secondary N) is 1. The van der Waals surface area contributed by atoms with Gasteiger partial charge in [-0.3, -0.25) is 9.59 Å². The summed E-state index contributed by atoms with van der Waals surface area (Å²) in [5.41, 5.74) is 3.53. The minimum atomic E-state index is -0.908. The van der Waals surface area contributed by atoms with Crippen molar-refractivity contribution in [1.82, 2.24) is 0 Å². The monoisotopic (exact) mass is 309 g/mol. The molecule has 0 heterocycles. The molecule has 1 aliphatic rings. The van der Waals surface area contributed by atoms with Gasteiger partial charge in [0.1, 0.15) is 0 Å². The molecule has 0 saturated heterocycles. The van der Waals surface area contributed by atoms with Crippen molar-refractivity contribution in [1.29, 1.82) is 0 Å². The second-order valence-corrected chi connectivity index (χ2v) is 5.86. The van der Waals surface area contributed by atoms with Crippen LogP contribution in [0.15, 0.2) is 48.5 Å². The van der Waals surface area contributed by atoms with Crippen LogP contribution in [0.2, 0.25) is 0 Å². The number of carboxylic acids is 1. The molecule has 2 aromatic carbocycles. The highest BCUT2D eigenvalue weighted by Crippen LogP contribution is 2.32. The summed E-state index contributed by atoms with van der Waals surface area (Å²) in [6.45, 7) is 0. The summed E-state index contributed by atoms with van der Waals surface area (Å²) in [6.07, 6.45) is 2.73. The van der Waals surface area contributed by atoms with E-state index in [-0.39, 0.29) is 18.2 Å². The number of aryl methyl sites for hydroxylation is 1. The van der Waals surface area contributed by atoms with Gasteiger partial charge in [0.15, 0.2) is 0 Å². The minimum absolute atomic E-state index is 0.0602. The Labute approximate surface area is 135 Å². The summed E-state index contributed by atoms with van der Waals surface area (Å²) in [5.74, 6) is -1.14. The van der Waals surface area contributed by atoms with Gasteiger partial charge in [-0.25, -0.2) is 0 Å². The van der Waals surface area contributed by atoms with Gasteiger partial charge < -0.3 is 10.4 Å². The largest absolute Gasteiger partial charge is 0.481 e. The zero-order valence-corrected chi connectivity index (χ0v) is 12.8. The fourth-order valence-electron chi connectivity index (χ4n) is 3.21. The zero-order chi connectivity index (χ0) is 16.2. The maximum absolute atomic E-state index is 12.7. The number of benzene rings is 2. The summed E-state index contributed by atoms with van der Waals surface area (Å²) in [6, 6.07) is 15.1. The first kappa shape index (κ1) is 15.3. The van der Waals surface area contributed by atoms with Crippen molar-refractivity contribution in [2.75, 3.05) is 5.32 Å². The van der Waals surface area contributed by atoms with Gasteiger partial charge in [-0.2, -0.15) is 0 Å². The summed E-state index contributed by atoms with van der Waals surface area (Å²) in [7, 11) is 0. The number of carbonyl (C=O) groups excluding carboxylic acids is 1. The van der Waals surface area contributed by atoms with Gasteiger partial charge in [-0.15, -0.1) is 0 Å². The number of aliphatic carboxylic acids is 1. The third-order valence-corrected chi connectivity index (χ3v) is 4.30. The van der Waals surface area contributed by atoms with Crippen LogP contribution in [-0.4, -0.2) is 17.0 Å². The van der Waals surface area contributed by atoms with Crippen LogP contribution in [0.25, 0.3) is 0 Å². The van der Waals surface area contributed by atoms with Crippen LogP contribution in [0, 0.1) is 0 Å². The molecule has 118 valence electrons. The summed E-state index contributed by atoms with van der Waals surface area (Å²) >= 11 is 0. The first-order valence-electron chi connectivity index (χ1n) is 7.83. The fraction of sp³-hybridized carbons (Fsp3) is 0.263. The molecule has 1 unspecified atom stereocenters. The first-order chi connectivity index (χ1) is 11.1. The molecular weight excluding hydrogens is 290 g/mol. The predicted octanol–water partition coefficient (Wildman–Crippen LogP) is 3.37. The van der Waals surface area contributed by atoms with Gasteiger partial charge in [-0.1, -0.05) is 42.5 Å². The van der Waals surface area contributed by atoms with Gasteiger partial charge in [-0.05, 0) is 42.0 Å². The number of carboxylic acid groups (broad SMARTS) is 1. The van der Waals surface area contributed by atoms with E-state index >= 15 is 0 Å². The standard InChI is InChI=1S/C19H19NO3/c21-18(22)12-14-7-2-4-11-17(14)20-19(23)16-10-5-8-13-6-1-3-9-15(13)16/h1-4,6-7,9,11,16H,5,8,10,12H2,(H,20,23)(H,21,22). The van der Waals surface area contributed by atoms with Crippen LogP contribution < -0.4 is 5.32 Å². The molecule has 0 saturated carbocycles. The van der Waals surface area contributed by atoms with Crippen molar-refractivity contribution in [2.45, 2.75) is 31.6 Å². The van der Waals surface area contributed by atoms with Crippen molar-refractivity contribution >= 4 is 17.6 Å². The first-order valence-corrected chi connectivity index (χ1v) is 7.83. The quantitative estimate of drug-likeness (QED) is 0.910. The Morgan fingerprint density at radius 3 is 2.65 bits per heavy atom. The van der Waals surface area contributed by atoms with E-state index in [0.717, 1.165) is 24.8 Å². The number of amides is 1. The van der Waals surface area contributed by atoms with Crippen LogP contribution in [0.4, 0.5) is 5.69 Å². The lowest BCUT2D eigenvalue weighted by Crippen LogP contribution is -2.25. The van der Waals surface area contributed by atoms with Crippen LogP contribution in [0.5, 0.6) is 0 Å². The van der Waals surface area contributed by atoms with Crippen molar-refractivity contribution in [3.63, 3.8) is 0 Å². The molecule has 4 nitrogen and oxygen atoms in total. The molecule has 1 aliphatic carbocycles. The van der Waals surface area contributed by atoms with Crippen LogP contribution in [-0.2, 0) is 22.4 Å². The van der Waals surface area contributed by atoms with Gasteiger partial charge >= 0.3 is 5.97 Å². The normalized spacial score (nSPS) is 16.4. The van der Waals surface area contributed by atoms with E-state index in [9.17, 15) is 9.59 Å². The smallest absolute Gasteiger partial charge is 0.307 e. The molecule has 0 aromatic heterocycles. The molecule has 23 heavy (non-hydrogen) atoms. The number of carbonyl (C=O) groups is 2. The van der Waals surface area contributed by atoms with E-state index in [2.05, 4.69) is 11.4 Å². The van der Waals surface area contributed by atoms with E-state index in [1.54, 1.807) is 24.3 Å². The van der Waals surface area contributed by atoms with Crippen molar-refractivity contribution < 1.29 is 14.7 Å². The van der Waals surface area contributed by atoms with E-state index in [1.165, 1.54) is 5.56 Å². The fourth-order valence-corrected chi connectivity index (χ4v) is 3.21. The second-order valence-electron chi connectivity index (χ2n) is 5.86. The third kappa shape index (κ3) is 3.42. The van der Waals surface area contributed by atoms with E-state index in [4.69, 9.17) is 5.11 Å². The van der Waals surface area contributed by atoms with Crippen molar-refractivity contribution in [2.24, 2.45) is 0 Å². The molecule has 1 amide bonds. The highest BCUT2D eigenvalue weighted by Gasteiger charge is 2.26. The SMILES string of the molecule is O=C(O)Cc1ccccc1NC(=O)C1CCCc2ccccc21. The lowest BCUT2D eigenvalue weighted by molar-refractivity contribution is -0.136. The highest BCUT2D eigenvalue weighted by molar-refractivity contribution is 5.97. The average molecular weight is 309 g/mol. The van der Waals surface area contributed by atoms with Crippen LogP contribution in [0.1, 0.15) is 35.4 Å². The van der Waals surface area contributed by atoms with Gasteiger partial charge in [0.2, 0.25) is 5.91 Å². The average Bonchev–Trinajstić information content (AvgIpc) is 2.55. The molecular formula is C19H19NO3. The van der Waals surface area contributed by atoms with Gasteiger partial charge in [0.25, 0.3) is 0 Å². The van der Waals surface area contributed by atoms with Gasteiger partial charge in [0.05, 0.1) is 12.3 Å². The van der Waals surface area contributed by atoms with E-state index in [0.29, 0.717) is 11.3 Å². The molecule has 3 rings (SSSR count). The Bertz CT molecular complexity index is 739. The molecule has 0 bridgehead atoms. The summed E-state index contributed by atoms with van der Waals surface area (Å²) in [4.78, 5) is 23.7. The Kier molecular flexibility index (Phi) is 4.42. The Morgan fingerprint density at radius 1 is 1.09 bits per heavy atom. The van der Waals surface area contributed by atoms with Crippen molar-refractivity contribution in [3.8, 4) is 0 Å². The molecule has 4 heteroatoms. The lowest BCUT2D eigenvalue weighted by atomic mass is 9.82. The highest BCUT2D eigenvalue weighted by atomic mass is 16.4. The third-order valence-electron chi connectivity index (χ3n) is 4.30. The minimum Gasteiger partial charge on any atom is -0.481 e. The topological polar surface area (TPSA) is 66.4 Å². The van der Waals surface area contributed by atoms with Crippen molar-refractivity contribution in [3.05, 3.63) is 65.2 Å². The number of para-hydroxylation sites is 1. The molecule has 0 aliphatic heterocycles. The molecule has 2 aromatic rings. The maximum Gasteiger partial charge on any atom is 0.307 e. The lowest BCUT2D eigenvalue weighted by Gasteiger charge is -2.25. The van der Waals surface area contributed by atoms with Crippen LogP contribution >= 0.6 is 0 Å².